The standard InChI is InChI=1S/C3H3IO2/c4-3(6)1-2-5/h2H,1H2. The van der Waals surface area contributed by atoms with Crippen molar-refractivity contribution in [3.05, 3.63) is 0 Å². The smallest absolute Gasteiger partial charge is 0.199 e. The molecule has 0 fully saturated rings. The molecule has 0 aromatic carbocycles. The van der Waals surface area contributed by atoms with Gasteiger partial charge in [0.25, 0.3) is 0 Å². The van der Waals surface area contributed by atoms with Crippen molar-refractivity contribution >= 4 is 32.7 Å². The molecule has 0 spiro atoms. The molecule has 0 N–H and O–H groups in total. The van der Waals surface area contributed by atoms with Gasteiger partial charge in [-0.1, -0.05) is 0 Å². The summed E-state index contributed by atoms with van der Waals surface area (Å²) >= 11 is 1.57. The highest BCUT2D eigenvalue weighted by Gasteiger charge is 1.86. The Bertz CT molecular complexity index is 69.2. The van der Waals surface area contributed by atoms with Crippen LogP contribution >= 0.6 is 22.6 Å². The van der Waals surface area contributed by atoms with Gasteiger partial charge in [-0.2, -0.15) is 0 Å². The third kappa shape index (κ3) is 4.07. The third-order valence-corrected chi connectivity index (χ3v) is 0.684. The molecule has 0 aliphatic rings. The van der Waals surface area contributed by atoms with Gasteiger partial charge in [0, 0.05) is 0 Å². The Balaban J connectivity index is 3.05. The fourth-order valence-electron chi connectivity index (χ4n) is 0.0655. The van der Waals surface area contributed by atoms with E-state index >= 15 is 0 Å². The predicted molar refractivity (Wildman–Crippen MR) is 29.7 cm³/mol. The number of carbonyl (C=O) groups excluding carboxylic acids is 2. The minimum atomic E-state index is -0.109. The van der Waals surface area contributed by atoms with Crippen molar-refractivity contribution in [1.82, 2.24) is 0 Å². The van der Waals surface area contributed by atoms with Crippen LogP contribution in [0.1, 0.15) is 6.42 Å². The van der Waals surface area contributed by atoms with E-state index in [2.05, 4.69) is 0 Å². The first-order valence-corrected chi connectivity index (χ1v) is 2.47. The van der Waals surface area contributed by atoms with E-state index < -0.39 is 0 Å². The van der Waals surface area contributed by atoms with Crippen molar-refractivity contribution in [3.8, 4) is 0 Å². The van der Waals surface area contributed by atoms with Crippen LogP contribution in [0.2, 0.25) is 0 Å². The van der Waals surface area contributed by atoms with Crippen molar-refractivity contribution in [2.24, 2.45) is 0 Å². The molecule has 0 aliphatic heterocycles. The van der Waals surface area contributed by atoms with Gasteiger partial charge < -0.3 is 4.79 Å². The zero-order valence-corrected chi connectivity index (χ0v) is 5.14. The van der Waals surface area contributed by atoms with Gasteiger partial charge in [0.2, 0.25) is 0 Å². The van der Waals surface area contributed by atoms with E-state index in [4.69, 9.17) is 0 Å². The van der Waals surface area contributed by atoms with Crippen LogP contribution in [-0.4, -0.2) is 10.1 Å². The summed E-state index contributed by atoms with van der Waals surface area (Å²) < 4.78 is -0.109. The maximum atomic E-state index is 9.80. The number of halogens is 1. The molecule has 0 unspecified atom stereocenters. The number of carbonyl (C=O) groups is 2. The van der Waals surface area contributed by atoms with Gasteiger partial charge in [-0.25, -0.2) is 0 Å². The molecule has 34 valence electrons. The Labute approximate surface area is 49.1 Å². The molecule has 0 amide bonds. The summed E-state index contributed by atoms with van der Waals surface area (Å²) in [5.74, 6) is 0. The van der Waals surface area contributed by atoms with Crippen molar-refractivity contribution in [3.63, 3.8) is 0 Å². The lowest BCUT2D eigenvalue weighted by molar-refractivity contribution is -0.115. The average Bonchev–Trinajstić information content (AvgIpc) is 1.35. The van der Waals surface area contributed by atoms with Gasteiger partial charge >= 0.3 is 0 Å². The zero-order valence-electron chi connectivity index (χ0n) is 2.98. The van der Waals surface area contributed by atoms with Crippen molar-refractivity contribution in [2.45, 2.75) is 6.42 Å². The monoisotopic (exact) mass is 198 g/mol. The lowest BCUT2D eigenvalue weighted by Crippen LogP contribution is -1.82. The summed E-state index contributed by atoms with van der Waals surface area (Å²) in [6.45, 7) is 0. The van der Waals surface area contributed by atoms with Crippen molar-refractivity contribution in [1.29, 1.82) is 0 Å². The van der Waals surface area contributed by atoms with Gasteiger partial charge in [-0.15, -0.1) is 0 Å². The highest BCUT2D eigenvalue weighted by Crippen LogP contribution is 1.86. The molecular weight excluding hydrogens is 195 g/mol. The Hall–Kier alpha value is 0.0700. The van der Waals surface area contributed by atoms with Crippen molar-refractivity contribution in [2.75, 3.05) is 0 Å². The largest absolute Gasteiger partial charge is 0.303 e. The van der Waals surface area contributed by atoms with E-state index in [1.807, 2.05) is 0 Å². The molecule has 6 heavy (non-hydrogen) atoms. The maximum absolute atomic E-state index is 9.80. The van der Waals surface area contributed by atoms with Crippen LogP contribution < -0.4 is 0 Å². The van der Waals surface area contributed by atoms with E-state index in [0.29, 0.717) is 6.29 Å². The molecular formula is C3H3IO2. The molecule has 0 rings (SSSR count). The molecule has 0 aromatic heterocycles. The Morgan fingerprint density at radius 2 is 2.33 bits per heavy atom. The van der Waals surface area contributed by atoms with Crippen LogP contribution in [0.3, 0.4) is 0 Å². The fraction of sp³-hybridized carbons (Fsp3) is 0.333. The Morgan fingerprint density at radius 3 is 2.33 bits per heavy atom. The second-order valence-electron chi connectivity index (χ2n) is 0.726. The summed E-state index contributed by atoms with van der Waals surface area (Å²) in [4.78, 5) is 19.2. The second kappa shape index (κ2) is 3.27. The SMILES string of the molecule is O=CCC(=O)I. The summed E-state index contributed by atoms with van der Waals surface area (Å²) in [5, 5.41) is 0. The molecule has 0 aromatic rings. The first-order valence-electron chi connectivity index (χ1n) is 1.39. The number of aldehydes is 1. The van der Waals surface area contributed by atoms with Crippen LogP contribution in [-0.2, 0) is 9.59 Å². The van der Waals surface area contributed by atoms with Crippen LogP contribution in [0.4, 0.5) is 0 Å². The molecule has 0 bridgehead atoms. The molecule has 0 heterocycles. The van der Waals surface area contributed by atoms with Crippen LogP contribution in [0, 0.1) is 0 Å². The number of hydrogen-bond donors (Lipinski definition) is 0. The highest BCUT2D eigenvalue weighted by atomic mass is 127. The fourth-order valence-corrected chi connectivity index (χ4v) is 0.245. The van der Waals surface area contributed by atoms with E-state index in [1.165, 1.54) is 0 Å². The number of hydrogen-bond acceptors (Lipinski definition) is 2. The molecule has 0 aliphatic carbocycles. The Kier molecular flexibility index (Phi) is 3.31. The molecule has 0 saturated heterocycles. The van der Waals surface area contributed by atoms with E-state index in [9.17, 15) is 9.59 Å². The summed E-state index contributed by atoms with van der Waals surface area (Å²) in [7, 11) is 0. The lowest BCUT2D eigenvalue weighted by Gasteiger charge is -1.69. The van der Waals surface area contributed by atoms with Gasteiger partial charge in [-0.3, -0.25) is 4.79 Å². The van der Waals surface area contributed by atoms with Gasteiger partial charge in [0.1, 0.15) is 6.29 Å². The molecule has 2 nitrogen and oxygen atoms in total. The first-order chi connectivity index (χ1) is 2.77. The summed E-state index contributed by atoms with van der Waals surface area (Å²) in [5.41, 5.74) is 0. The van der Waals surface area contributed by atoms with E-state index in [-0.39, 0.29) is 10.2 Å². The topological polar surface area (TPSA) is 34.1 Å². The number of rotatable bonds is 2. The third-order valence-electron chi connectivity index (χ3n) is 0.244. The van der Waals surface area contributed by atoms with E-state index in [1.54, 1.807) is 22.6 Å². The molecule has 0 atom stereocenters. The molecule has 3 heteroatoms. The summed E-state index contributed by atoms with van der Waals surface area (Å²) in [6, 6.07) is 0. The predicted octanol–water partition coefficient (Wildman–Crippen LogP) is 0.537. The minimum absolute atomic E-state index is 0.0422. The lowest BCUT2D eigenvalue weighted by atomic mass is 10.5. The normalized spacial score (nSPS) is 7.50. The molecule has 0 saturated carbocycles. The first kappa shape index (κ1) is 6.07. The molecule has 0 radical (unpaired) electrons. The van der Waals surface area contributed by atoms with Gasteiger partial charge in [0.15, 0.2) is 3.79 Å². The Morgan fingerprint density at radius 1 is 1.83 bits per heavy atom. The maximum Gasteiger partial charge on any atom is 0.199 e. The van der Waals surface area contributed by atoms with Crippen LogP contribution in [0.25, 0.3) is 0 Å². The quantitative estimate of drug-likeness (QED) is 0.281. The van der Waals surface area contributed by atoms with Gasteiger partial charge in [-0.05, 0) is 22.6 Å². The highest BCUT2D eigenvalue weighted by molar-refractivity contribution is 14.1. The van der Waals surface area contributed by atoms with Crippen LogP contribution in [0.5, 0.6) is 0 Å². The van der Waals surface area contributed by atoms with E-state index in [0.717, 1.165) is 0 Å². The summed E-state index contributed by atoms with van der Waals surface area (Å²) in [6.07, 6.45) is 0.634. The average molecular weight is 198 g/mol. The van der Waals surface area contributed by atoms with Crippen molar-refractivity contribution < 1.29 is 9.59 Å². The second-order valence-corrected chi connectivity index (χ2v) is 1.93. The van der Waals surface area contributed by atoms with Crippen LogP contribution in [0.15, 0.2) is 0 Å². The zero-order chi connectivity index (χ0) is 4.99. The van der Waals surface area contributed by atoms with Gasteiger partial charge in [0.05, 0.1) is 6.42 Å². The minimum Gasteiger partial charge on any atom is -0.303 e.